The summed E-state index contributed by atoms with van der Waals surface area (Å²) in [5, 5.41) is 10.7. The van der Waals surface area contributed by atoms with Crippen molar-refractivity contribution in [3.05, 3.63) is 83.1 Å². The third-order valence-electron chi connectivity index (χ3n) is 3.85. The minimum Gasteiger partial charge on any atom is -0.331 e. The molecule has 0 aliphatic carbocycles. The number of carbonyl (C=O) groups excluding carboxylic acids is 1. The summed E-state index contributed by atoms with van der Waals surface area (Å²) in [6.45, 7) is 2.51. The highest BCUT2D eigenvalue weighted by atomic mass is 35.5. The summed E-state index contributed by atoms with van der Waals surface area (Å²) in [6.07, 6.45) is 3.62. The van der Waals surface area contributed by atoms with Gasteiger partial charge in [0.05, 0.1) is 12.6 Å². The Bertz CT molecular complexity index is 848. The molecule has 2 amide bonds. The first kappa shape index (κ1) is 17.0. The highest BCUT2D eigenvalue weighted by Gasteiger charge is 2.11. The smallest absolute Gasteiger partial charge is 0.319 e. The van der Waals surface area contributed by atoms with Gasteiger partial charge in [-0.05, 0) is 42.3 Å². The maximum Gasteiger partial charge on any atom is 0.319 e. The van der Waals surface area contributed by atoms with Gasteiger partial charge in [-0.2, -0.15) is 5.10 Å². The molecule has 1 aromatic heterocycles. The highest BCUT2D eigenvalue weighted by Crippen LogP contribution is 2.19. The quantitative estimate of drug-likeness (QED) is 0.710. The van der Waals surface area contributed by atoms with Crippen LogP contribution in [0, 0.1) is 0 Å². The van der Waals surface area contributed by atoms with Crippen LogP contribution in [-0.2, 0) is 6.54 Å². The number of aromatic nitrogens is 2. The van der Waals surface area contributed by atoms with E-state index in [9.17, 15) is 4.79 Å². The number of halogens is 1. The average Bonchev–Trinajstić information content (AvgIpc) is 3.09. The minimum absolute atomic E-state index is 0.156. The Morgan fingerprint density at radius 3 is 2.80 bits per heavy atom. The van der Waals surface area contributed by atoms with Crippen LogP contribution in [0.4, 0.5) is 10.5 Å². The third-order valence-corrected chi connectivity index (χ3v) is 4.09. The van der Waals surface area contributed by atoms with Crippen LogP contribution in [0.3, 0.4) is 0 Å². The van der Waals surface area contributed by atoms with Crippen molar-refractivity contribution in [1.29, 1.82) is 0 Å². The number of anilines is 1. The fourth-order valence-electron chi connectivity index (χ4n) is 2.56. The number of urea groups is 1. The number of benzene rings is 2. The van der Waals surface area contributed by atoms with Gasteiger partial charge in [-0.1, -0.05) is 41.9 Å². The predicted octanol–water partition coefficient (Wildman–Crippen LogP) is 4.47. The molecule has 0 radical (unpaired) electrons. The van der Waals surface area contributed by atoms with E-state index in [1.54, 1.807) is 6.20 Å². The second-order valence-electron chi connectivity index (χ2n) is 5.74. The summed E-state index contributed by atoms with van der Waals surface area (Å²) in [7, 11) is 0. The van der Waals surface area contributed by atoms with Crippen LogP contribution in [0.1, 0.15) is 24.1 Å². The molecule has 0 aliphatic heterocycles. The van der Waals surface area contributed by atoms with E-state index in [1.165, 1.54) is 0 Å². The summed E-state index contributed by atoms with van der Waals surface area (Å²) in [5.74, 6) is 0. The number of nitrogens with one attached hydrogen (secondary N) is 2. The monoisotopic (exact) mass is 354 g/mol. The predicted molar refractivity (Wildman–Crippen MR) is 99.8 cm³/mol. The Kier molecular flexibility index (Phi) is 5.36. The lowest BCUT2D eigenvalue weighted by Gasteiger charge is -2.17. The number of hydrogen-bond acceptors (Lipinski definition) is 2. The summed E-state index contributed by atoms with van der Waals surface area (Å²) < 4.78 is 1.81. The molecule has 1 atom stereocenters. The van der Waals surface area contributed by atoms with Crippen molar-refractivity contribution in [3.8, 4) is 0 Å². The van der Waals surface area contributed by atoms with Gasteiger partial charge in [0.2, 0.25) is 0 Å². The zero-order valence-corrected chi connectivity index (χ0v) is 14.6. The first-order chi connectivity index (χ1) is 12.1. The molecule has 0 aliphatic rings. The van der Waals surface area contributed by atoms with Gasteiger partial charge in [-0.25, -0.2) is 4.79 Å². The molecular formula is C19H19ClN4O. The molecule has 0 bridgehead atoms. The minimum atomic E-state index is -0.264. The zero-order valence-electron chi connectivity index (χ0n) is 13.8. The SMILES string of the molecule is CC(NC(=O)Nc1ccccc1Cn1cccn1)c1cccc(Cl)c1. The number of rotatable bonds is 5. The van der Waals surface area contributed by atoms with Crippen molar-refractivity contribution in [2.24, 2.45) is 0 Å². The largest absolute Gasteiger partial charge is 0.331 e. The van der Waals surface area contributed by atoms with Crippen LogP contribution in [0.15, 0.2) is 67.0 Å². The van der Waals surface area contributed by atoms with Gasteiger partial charge >= 0.3 is 6.03 Å². The van der Waals surface area contributed by atoms with E-state index in [4.69, 9.17) is 11.6 Å². The molecule has 6 heteroatoms. The van der Waals surface area contributed by atoms with E-state index in [0.29, 0.717) is 11.6 Å². The maximum absolute atomic E-state index is 12.4. The third kappa shape index (κ3) is 4.61. The van der Waals surface area contributed by atoms with Gasteiger partial charge in [0, 0.05) is 23.1 Å². The Morgan fingerprint density at radius 1 is 1.20 bits per heavy atom. The van der Waals surface area contributed by atoms with E-state index in [0.717, 1.165) is 16.8 Å². The standard InChI is InChI=1S/C19H19ClN4O/c1-14(15-7-4-8-17(20)12-15)22-19(25)23-18-9-3-2-6-16(18)13-24-11-5-10-21-24/h2-12,14H,13H2,1H3,(H2,22,23,25). The molecule has 2 aromatic carbocycles. The number of para-hydroxylation sites is 1. The van der Waals surface area contributed by atoms with Gasteiger partial charge < -0.3 is 10.6 Å². The van der Waals surface area contributed by atoms with Crippen LogP contribution in [-0.4, -0.2) is 15.8 Å². The fraction of sp³-hybridized carbons (Fsp3) is 0.158. The van der Waals surface area contributed by atoms with E-state index in [1.807, 2.05) is 72.4 Å². The van der Waals surface area contributed by atoms with E-state index < -0.39 is 0 Å². The lowest BCUT2D eigenvalue weighted by molar-refractivity contribution is 0.249. The van der Waals surface area contributed by atoms with E-state index >= 15 is 0 Å². The summed E-state index contributed by atoms with van der Waals surface area (Å²) in [6, 6.07) is 16.6. The lowest BCUT2D eigenvalue weighted by atomic mass is 10.1. The molecule has 128 valence electrons. The Labute approximate surface area is 151 Å². The molecule has 0 saturated carbocycles. The Balaban J connectivity index is 1.67. The van der Waals surface area contributed by atoms with Gasteiger partial charge in [0.25, 0.3) is 0 Å². The number of nitrogens with zero attached hydrogens (tertiary/aromatic N) is 2. The zero-order chi connectivity index (χ0) is 17.6. The van der Waals surface area contributed by atoms with Gasteiger partial charge in [-0.15, -0.1) is 0 Å². The van der Waals surface area contributed by atoms with Crippen LogP contribution >= 0.6 is 11.6 Å². The fourth-order valence-corrected chi connectivity index (χ4v) is 2.76. The second-order valence-corrected chi connectivity index (χ2v) is 6.17. The molecule has 1 unspecified atom stereocenters. The number of hydrogen-bond donors (Lipinski definition) is 2. The van der Waals surface area contributed by atoms with Crippen LogP contribution in [0.2, 0.25) is 5.02 Å². The maximum atomic E-state index is 12.4. The second kappa shape index (κ2) is 7.85. The summed E-state index contributed by atoms with van der Waals surface area (Å²) in [4.78, 5) is 12.4. The lowest BCUT2D eigenvalue weighted by Crippen LogP contribution is -2.31. The summed E-state index contributed by atoms with van der Waals surface area (Å²) in [5.41, 5.74) is 2.69. The van der Waals surface area contributed by atoms with Crippen LogP contribution in [0.5, 0.6) is 0 Å². The number of amides is 2. The first-order valence-corrected chi connectivity index (χ1v) is 8.38. The van der Waals surface area contributed by atoms with Crippen LogP contribution < -0.4 is 10.6 Å². The molecule has 25 heavy (non-hydrogen) atoms. The molecule has 0 fully saturated rings. The van der Waals surface area contributed by atoms with E-state index in [2.05, 4.69) is 15.7 Å². The van der Waals surface area contributed by atoms with Crippen molar-refractivity contribution in [3.63, 3.8) is 0 Å². The molecule has 3 rings (SSSR count). The molecular weight excluding hydrogens is 336 g/mol. The summed E-state index contributed by atoms with van der Waals surface area (Å²) >= 11 is 6.01. The highest BCUT2D eigenvalue weighted by molar-refractivity contribution is 6.30. The van der Waals surface area contributed by atoms with Gasteiger partial charge in [0.1, 0.15) is 0 Å². The Morgan fingerprint density at radius 2 is 2.04 bits per heavy atom. The van der Waals surface area contributed by atoms with Crippen molar-refractivity contribution in [1.82, 2.24) is 15.1 Å². The number of carbonyl (C=O) groups is 1. The van der Waals surface area contributed by atoms with Crippen molar-refractivity contribution < 1.29 is 4.79 Å². The van der Waals surface area contributed by atoms with Gasteiger partial charge in [0.15, 0.2) is 0 Å². The Hall–Kier alpha value is -2.79. The topological polar surface area (TPSA) is 59.0 Å². The van der Waals surface area contributed by atoms with Crippen molar-refractivity contribution in [2.45, 2.75) is 19.5 Å². The van der Waals surface area contributed by atoms with Gasteiger partial charge in [-0.3, -0.25) is 4.68 Å². The molecule has 1 heterocycles. The molecule has 5 nitrogen and oxygen atoms in total. The average molecular weight is 355 g/mol. The normalized spacial score (nSPS) is 11.8. The van der Waals surface area contributed by atoms with E-state index in [-0.39, 0.29) is 12.1 Å². The molecule has 2 N–H and O–H groups in total. The molecule has 0 saturated heterocycles. The first-order valence-electron chi connectivity index (χ1n) is 8.00. The molecule has 3 aromatic rings. The van der Waals surface area contributed by atoms with Crippen LogP contribution in [0.25, 0.3) is 0 Å². The van der Waals surface area contributed by atoms with Crippen molar-refractivity contribution in [2.75, 3.05) is 5.32 Å². The molecule has 0 spiro atoms. The van der Waals surface area contributed by atoms with Crippen molar-refractivity contribution >= 4 is 23.3 Å².